The fraction of sp³-hybridized carbons (Fsp3) is 0.212. The number of fused-ring (bicyclic) bond motifs is 1. The monoisotopic (exact) mass is 500 g/mol. The molecule has 0 aliphatic carbocycles. The SMILES string of the molecule is Cc1ccc(C)c(-c2ccc3nc(-c4ccccc4)c(CN4CCN(C(=O)c5ccccc5)CC4)n3c2)c1. The molecule has 0 bridgehead atoms. The van der Waals surface area contributed by atoms with Gasteiger partial charge in [0.05, 0.1) is 11.4 Å². The lowest BCUT2D eigenvalue weighted by atomic mass is 10.00. The van der Waals surface area contributed by atoms with Gasteiger partial charge in [0.25, 0.3) is 5.91 Å². The second-order valence-corrected chi connectivity index (χ2v) is 10.2. The molecule has 2 aromatic heterocycles. The summed E-state index contributed by atoms with van der Waals surface area (Å²) in [7, 11) is 0. The zero-order valence-corrected chi connectivity index (χ0v) is 22.0. The van der Waals surface area contributed by atoms with E-state index in [1.54, 1.807) is 0 Å². The van der Waals surface area contributed by atoms with Gasteiger partial charge < -0.3 is 9.30 Å². The number of aromatic nitrogens is 2. The number of nitrogens with zero attached hydrogens (tertiary/aromatic N) is 4. The topological polar surface area (TPSA) is 40.9 Å². The van der Waals surface area contributed by atoms with Crippen LogP contribution in [0.4, 0.5) is 0 Å². The number of imidazole rings is 1. The first kappa shape index (κ1) is 24.1. The molecule has 3 heterocycles. The maximum absolute atomic E-state index is 13.0. The van der Waals surface area contributed by atoms with E-state index in [9.17, 15) is 4.79 Å². The summed E-state index contributed by atoms with van der Waals surface area (Å²) in [6.07, 6.45) is 2.24. The Hall–Kier alpha value is -4.22. The van der Waals surface area contributed by atoms with E-state index < -0.39 is 0 Å². The minimum absolute atomic E-state index is 0.114. The molecule has 38 heavy (non-hydrogen) atoms. The lowest BCUT2D eigenvalue weighted by Gasteiger charge is -2.34. The summed E-state index contributed by atoms with van der Waals surface area (Å²) < 4.78 is 2.26. The van der Waals surface area contributed by atoms with E-state index in [0.29, 0.717) is 0 Å². The lowest BCUT2D eigenvalue weighted by molar-refractivity contribution is 0.0627. The zero-order valence-electron chi connectivity index (χ0n) is 22.0. The molecule has 0 unspecified atom stereocenters. The number of benzene rings is 3. The average Bonchev–Trinajstić information content (AvgIpc) is 3.32. The van der Waals surface area contributed by atoms with Crippen LogP contribution in [-0.4, -0.2) is 51.3 Å². The van der Waals surface area contributed by atoms with Gasteiger partial charge in [-0.3, -0.25) is 9.69 Å². The summed E-state index contributed by atoms with van der Waals surface area (Å²) in [5.74, 6) is 0.114. The molecule has 1 aliphatic rings. The van der Waals surface area contributed by atoms with Gasteiger partial charge in [0.15, 0.2) is 0 Å². The Balaban J connectivity index is 1.32. The van der Waals surface area contributed by atoms with Gasteiger partial charge in [-0.15, -0.1) is 0 Å². The van der Waals surface area contributed by atoms with Gasteiger partial charge in [0.1, 0.15) is 5.65 Å². The quantitative estimate of drug-likeness (QED) is 0.287. The number of rotatable bonds is 5. The predicted molar refractivity (Wildman–Crippen MR) is 153 cm³/mol. The molecule has 0 spiro atoms. The highest BCUT2D eigenvalue weighted by molar-refractivity contribution is 5.94. The normalized spacial score (nSPS) is 14.2. The van der Waals surface area contributed by atoms with Crippen molar-refractivity contribution in [3.8, 4) is 22.4 Å². The molecule has 0 atom stereocenters. The molecule has 190 valence electrons. The first-order chi connectivity index (χ1) is 18.6. The number of pyridine rings is 1. The molecule has 5 nitrogen and oxygen atoms in total. The predicted octanol–water partition coefficient (Wildman–Crippen LogP) is 6.24. The van der Waals surface area contributed by atoms with Gasteiger partial charge in [-0.05, 0) is 54.8 Å². The van der Waals surface area contributed by atoms with Crippen molar-refractivity contribution in [1.82, 2.24) is 19.2 Å². The number of hydrogen-bond acceptors (Lipinski definition) is 3. The Morgan fingerprint density at radius 2 is 1.50 bits per heavy atom. The fourth-order valence-corrected chi connectivity index (χ4v) is 5.36. The van der Waals surface area contributed by atoms with E-state index in [2.05, 4.69) is 83.9 Å². The van der Waals surface area contributed by atoms with Crippen molar-refractivity contribution in [3.05, 3.63) is 120 Å². The van der Waals surface area contributed by atoms with Gasteiger partial charge >= 0.3 is 0 Å². The minimum atomic E-state index is 0.114. The van der Waals surface area contributed by atoms with Crippen molar-refractivity contribution < 1.29 is 4.79 Å². The second kappa shape index (κ2) is 10.3. The molecule has 5 aromatic rings. The van der Waals surface area contributed by atoms with Gasteiger partial charge in [0.2, 0.25) is 0 Å². The van der Waals surface area contributed by atoms with E-state index in [4.69, 9.17) is 4.98 Å². The number of amides is 1. The van der Waals surface area contributed by atoms with Gasteiger partial charge in [-0.25, -0.2) is 4.98 Å². The second-order valence-electron chi connectivity index (χ2n) is 10.2. The zero-order chi connectivity index (χ0) is 26.1. The van der Waals surface area contributed by atoms with Crippen molar-refractivity contribution in [3.63, 3.8) is 0 Å². The molecule has 1 saturated heterocycles. The van der Waals surface area contributed by atoms with Crippen LogP contribution in [0.25, 0.3) is 28.0 Å². The van der Waals surface area contributed by atoms with E-state index in [0.717, 1.165) is 55.2 Å². The Morgan fingerprint density at radius 3 is 2.24 bits per heavy atom. The first-order valence-electron chi connectivity index (χ1n) is 13.3. The summed E-state index contributed by atoms with van der Waals surface area (Å²) in [4.78, 5) is 22.4. The third kappa shape index (κ3) is 4.73. The summed E-state index contributed by atoms with van der Waals surface area (Å²) >= 11 is 0. The van der Waals surface area contributed by atoms with Crippen LogP contribution >= 0.6 is 0 Å². The van der Waals surface area contributed by atoms with Crippen LogP contribution < -0.4 is 0 Å². The van der Waals surface area contributed by atoms with Gasteiger partial charge in [-0.1, -0.05) is 72.3 Å². The summed E-state index contributed by atoms with van der Waals surface area (Å²) in [5.41, 5.74) is 9.99. The van der Waals surface area contributed by atoms with E-state index >= 15 is 0 Å². The number of piperazine rings is 1. The summed E-state index contributed by atoms with van der Waals surface area (Å²) in [6, 6.07) is 30.9. The van der Waals surface area contributed by atoms with Crippen LogP contribution in [0.3, 0.4) is 0 Å². The standard InChI is InChI=1S/C33H32N4O/c1-24-13-14-25(2)29(21-24)28-15-16-31-34-32(26-9-5-3-6-10-26)30(37(31)22-28)23-35-17-19-36(20-18-35)33(38)27-11-7-4-8-12-27/h3-16,21-22H,17-20,23H2,1-2H3. The van der Waals surface area contributed by atoms with Crippen LogP contribution in [0.1, 0.15) is 27.2 Å². The number of carbonyl (C=O) groups is 1. The smallest absolute Gasteiger partial charge is 0.253 e. The molecular weight excluding hydrogens is 468 g/mol. The van der Waals surface area contributed by atoms with Crippen molar-refractivity contribution >= 4 is 11.6 Å². The van der Waals surface area contributed by atoms with E-state index in [1.165, 1.54) is 27.9 Å². The van der Waals surface area contributed by atoms with Crippen LogP contribution in [0.5, 0.6) is 0 Å². The largest absolute Gasteiger partial charge is 0.336 e. The van der Waals surface area contributed by atoms with E-state index in [1.807, 2.05) is 41.3 Å². The van der Waals surface area contributed by atoms with Crippen molar-refractivity contribution in [1.29, 1.82) is 0 Å². The van der Waals surface area contributed by atoms with E-state index in [-0.39, 0.29) is 5.91 Å². The molecule has 1 aliphatic heterocycles. The van der Waals surface area contributed by atoms with Crippen LogP contribution in [0.2, 0.25) is 0 Å². The molecule has 0 saturated carbocycles. The minimum Gasteiger partial charge on any atom is -0.336 e. The molecule has 3 aromatic carbocycles. The molecule has 0 radical (unpaired) electrons. The molecule has 6 rings (SSSR count). The molecule has 1 fully saturated rings. The maximum atomic E-state index is 13.0. The lowest BCUT2D eigenvalue weighted by Crippen LogP contribution is -2.48. The first-order valence-corrected chi connectivity index (χ1v) is 13.3. The molecule has 5 heteroatoms. The number of aryl methyl sites for hydroxylation is 2. The van der Waals surface area contributed by atoms with Crippen LogP contribution in [0.15, 0.2) is 97.2 Å². The van der Waals surface area contributed by atoms with Crippen molar-refractivity contribution in [2.75, 3.05) is 26.2 Å². The summed E-state index contributed by atoms with van der Waals surface area (Å²) in [6.45, 7) is 8.18. The third-order valence-corrected chi connectivity index (χ3v) is 7.52. The van der Waals surface area contributed by atoms with Gasteiger partial charge in [-0.2, -0.15) is 0 Å². The molecule has 0 N–H and O–H groups in total. The number of hydrogen-bond donors (Lipinski definition) is 0. The average molecular weight is 501 g/mol. The van der Waals surface area contributed by atoms with Gasteiger partial charge in [0, 0.05) is 50.0 Å². The highest BCUT2D eigenvalue weighted by Crippen LogP contribution is 2.30. The highest BCUT2D eigenvalue weighted by Gasteiger charge is 2.24. The Bertz CT molecular complexity index is 1580. The maximum Gasteiger partial charge on any atom is 0.253 e. The van der Waals surface area contributed by atoms with Crippen molar-refractivity contribution in [2.24, 2.45) is 0 Å². The Kier molecular flexibility index (Phi) is 6.52. The molecular formula is C33H32N4O. The fourth-order valence-electron chi connectivity index (χ4n) is 5.36. The summed E-state index contributed by atoms with van der Waals surface area (Å²) in [5, 5.41) is 0. The van der Waals surface area contributed by atoms with Crippen LogP contribution in [-0.2, 0) is 6.54 Å². The van der Waals surface area contributed by atoms with Crippen molar-refractivity contribution in [2.45, 2.75) is 20.4 Å². The Labute approximate surface area is 224 Å². The Morgan fingerprint density at radius 1 is 0.789 bits per heavy atom. The molecule has 1 amide bonds. The number of carbonyl (C=O) groups excluding carboxylic acids is 1. The van der Waals surface area contributed by atoms with Crippen LogP contribution in [0, 0.1) is 13.8 Å². The third-order valence-electron chi connectivity index (χ3n) is 7.52. The highest BCUT2D eigenvalue weighted by atomic mass is 16.2.